The largest absolute Gasteiger partial charge is 0.478 e. The number of carboxylic acids is 1. The van der Waals surface area contributed by atoms with Gasteiger partial charge < -0.3 is 20.3 Å². The molecule has 19 heavy (non-hydrogen) atoms. The fraction of sp³-hybridized carbons (Fsp3) is 0.462. The molecule has 1 saturated heterocycles. The van der Waals surface area contributed by atoms with Gasteiger partial charge in [0.2, 0.25) is 0 Å². The molecule has 0 radical (unpaired) electrons. The van der Waals surface area contributed by atoms with Crippen LogP contribution in [0.25, 0.3) is 0 Å². The summed E-state index contributed by atoms with van der Waals surface area (Å²) in [6.45, 7) is 1.22. The Balaban J connectivity index is 1.95. The number of nitrogens with one attached hydrogen (secondary N) is 1. The maximum Gasteiger partial charge on any atom is 0.335 e. The van der Waals surface area contributed by atoms with E-state index in [1.54, 1.807) is 0 Å². The number of aromatic carboxylic acids is 1. The van der Waals surface area contributed by atoms with Gasteiger partial charge >= 0.3 is 5.97 Å². The maximum atomic E-state index is 13.5. The number of ether oxygens (including phenoxy) is 1. The molecule has 2 rings (SSSR count). The van der Waals surface area contributed by atoms with Crippen molar-refractivity contribution in [1.82, 2.24) is 5.32 Å². The molecule has 3 N–H and O–H groups in total. The van der Waals surface area contributed by atoms with Crippen LogP contribution in [0.15, 0.2) is 18.2 Å². The van der Waals surface area contributed by atoms with Gasteiger partial charge in [0, 0.05) is 31.7 Å². The quantitative estimate of drug-likeness (QED) is 0.735. The third-order valence-corrected chi connectivity index (χ3v) is 3.14. The molecule has 104 valence electrons. The number of hydrogen-bond donors (Lipinski definition) is 3. The van der Waals surface area contributed by atoms with E-state index in [4.69, 9.17) is 9.84 Å². The van der Waals surface area contributed by atoms with Crippen LogP contribution in [0.2, 0.25) is 0 Å². The topological polar surface area (TPSA) is 78.8 Å². The van der Waals surface area contributed by atoms with Crippen molar-refractivity contribution in [1.29, 1.82) is 0 Å². The van der Waals surface area contributed by atoms with Crippen molar-refractivity contribution in [2.75, 3.05) is 19.8 Å². The zero-order valence-corrected chi connectivity index (χ0v) is 10.4. The highest BCUT2D eigenvalue weighted by Crippen LogP contribution is 2.17. The lowest BCUT2D eigenvalue weighted by atomic mass is 10.0. The van der Waals surface area contributed by atoms with Gasteiger partial charge in [0.05, 0.1) is 12.2 Å². The van der Waals surface area contributed by atoms with E-state index in [9.17, 15) is 14.3 Å². The van der Waals surface area contributed by atoms with Gasteiger partial charge in [-0.3, -0.25) is 0 Å². The van der Waals surface area contributed by atoms with Crippen molar-refractivity contribution in [3.63, 3.8) is 0 Å². The lowest BCUT2D eigenvalue weighted by Gasteiger charge is -2.20. The number of rotatable bonds is 5. The summed E-state index contributed by atoms with van der Waals surface area (Å²) in [6, 6.07) is 3.65. The Morgan fingerprint density at radius 3 is 2.95 bits per heavy atom. The smallest absolute Gasteiger partial charge is 0.335 e. The first-order valence-corrected chi connectivity index (χ1v) is 6.03. The van der Waals surface area contributed by atoms with Crippen molar-refractivity contribution < 1.29 is 24.1 Å². The highest BCUT2D eigenvalue weighted by atomic mass is 19.1. The summed E-state index contributed by atoms with van der Waals surface area (Å²) in [7, 11) is 0. The molecule has 6 heteroatoms. The van der Waals surface area contributed by atoms with Crippen molar-refractivity contribution in [2.45, 2.75) is 18.6 Å². The number of halogens is 1. The molecule has 1 aliphatic heterocycles. The second-order valence-corrected chi connectivity index (χ2v) is 4.74. The standard InChI is InChI=1S/C13H16FNO4/c14-11-2-1-9(12(16)17)5-10(11)6-15-7-13(18)3-4-19-8-13/h1-2,5,15,18H,3-4,6-8H2,(H,16,17). The average Bonchev–Trinajstić information content (AvgIpc) is 2.78. The van der Waals surface area contributed by atoms with E-state index in [1.807, 2.05) is 0 Å². The number of aliphatic hydroxyl groups is 1. The predicted molar refractivity (Wildman–Crippen MR) is 65.5 cm³/mol. The van der Waals surface area contributed by atoms with E-state index in [1.165, 1.54) is 12.1 Å². The van der Waals surface area contributed by atoms with E-state index < -0.39 is 17.4 Å². The van der Waals surface area contributed by atoms with Crippen LogP contribution >= 0.6 is 0 Å². The minimum atomic E-state index is -1.09. The molecular formula is C13H16FNO4. The van der Waals surface area contributed by atoms with E-state index in [2.05, 4.69) is 5.32 Å². The van der Waals surface area contributed by atoms with Crippen LogP contribution in [-0.2, 0) is 11.3 Å². The molecule has 0 bridgehead atoms. The molecular weight excluding hydrogens is 253 g/mol. The zero-order chi connectivity index (χ0) is 13.9. The Morgan fingerprint density at radius 2 is 2.32 bits per heavy atom. The molecule has 0 spiro atoms. The third-order valence-electron chi connectivity index (χ3n) is 3.14. The van der Waals surface area contributed by atoms with Gasteiger partial charge in [-0.05, 0) is 18.2 Å². The molecule has 1 unspecified atom stereocenters. The van der Waals surface area contributed by atoms with E-state index in [0.717, 1.165) is 6.07 Å². The SMILES string of the molecule is O=C(O)c1ccc(F)c(CNCC2(O)CCOC2)c1. The summed E-state index contributed by atoms with van der Waals surface area (Å²) >= 11 is 0. The Bertz CT molecular complexity index is 472. The van der Waals surface area contributed by atoms with Gasteiger partial charge in [0.1, 0.15) is 11.4 Å². The van der Waals surface area contributed by atoms with Crippen LogP contribution in [-0.4, -0.2) is 41.5 Å². The van der Waals surface area contributed by atoms with Crippen molar-refractivity contribution >= 4 is 5.97 Å². The number of benzene rings is 1. The molecule has 1 aliphatic rings. The summed E-state index contributed by atoms with van der Waals surface area (Å²) in [6.07, 6.45) is 0.539. The van der Waals surface area contributed by atoms with Crippen LogP contribution in [0.4, 0.5) is 4.39 Å². The fourth-order valence-corrected chi connectivity index (χ4v) is 2.01. The minimum Gasteiger partial charge on any atom is -0.478 e. The van der Waals surface area contributed by atoms with Gasteiger partial charge in [-0.25, -0.2) is 9.18 Å². The van der Waals surface area contributed by atoms with Gasteiger partial charge in [0.15, 0.2) is 0 Å². The highest BCUT2D eigenvalue weighted by Gasteiger charge is 2.31. The normalized spacial score (nSPS) is 22.6. The van der Waals surface area contributed by atoms with Gasteiger partial charge in [0.25, 0.3) is 0 Å². The van der Waals surface area contributed by atoms with E-state index in [0.29, 0.717) is 13.0 Å². The Hall–Kier alpha value is -1.50. The van der Waals surface area contributed by atoms with Crippen LogP contribution < -0.4 is 5.32 Å². The average molecular weight is 269 g/mol. The molecule has 1 heterocycles. The summed E-state index contributed by atoms with van der Waals surface area (Å²) in [5, 5.41) is 21.8. The highest BCUT2D eigenvalue weighted by molar-refractivity contribution is 5.87. The van der Waals surface area contributed by atoms with Crippen molar-refractivity contribution in [2.24, 2.45) is 0 Å². The summed E-state index contributed by atoms with van der Waals surface area (Å²) < 4.78 is 18.6. The third kappa shape index (κ3) is 3.50. The Labute approximate surface area is 110 Å². The fourth-order valence-electron chi connectivity index (χ4n) is 2.01. The predicted octanol–water partition coefficient (Wildman–Crippen LogP) is 0.765. The number of hydrogen-bond acceptors (Lipinski definition) is 4. The summed E-state index contributed by atoms with van der Waals surface area (Å²) in [4.78, 5) is 10.8. The second kappa shape index (κ2) is 5.64. The van der Waals surface area contributed by atoms with Gasteiger partial charge in [-0.2, -0.15) is 0 Å². The van der Waals surface area contributed by atoms with Crippen molar-refractivity contribution in [3.05, 3.63) is 35.1 Å². The lowest BCUT2D eigenvalue weighted by molar-refractivity contribution is 0.0268. The summed E-state index contributed by atoms with van der Waals surface area (Å²) in [5.74, 6) is -1.56. The number of carbonyl (C=O) groups is 1. The molecule has 1 aromatic carbocycles. The van der Waals surface area contributed by atoms with Crippen LogP contribution in [0.5, 0.6) is 0 Å². The number of carboxylic acid groups (broad SMARTS) is 1. The Morgan fingerprint density at radius 1 is 1.53 bits per heavy atom. The van der Waals surface area contributed by atoms with Gasteiger partial charge in [-0.15, -0.1) is 0 Å². The molecule has 1 aromatic rings. The van der Waals surface area contributed by atoms with Crippen LogP contribution in [0.1, 0.15) is 22.3 Å². The Kier molecular flexibility index (Phi) is 4.14. The summed E-state index contributed by atoms with van der Waals surface area (Å²) in [5.41, 5.74) is -0.607. The molecule has 0 aliphatic carbocycles. The first-order chi connectivity index (χ1) is 9.00. The van der Waals surface area contributed by atoms with Crippen LogP contribution in [0.3, 0.4) is 0 Å². The lowest BCUT2D eigenvalue weighted by Crippen LogP contribution is -2.40. The molecule has 0 saturated carbocycles. The second-order valence-electron chi connectivity index (χ2n) is 4.74. The molecule has 5 nitrogen and oxygen atoms in total. The zero-order valence-electron chi connectivity index (χ0n) is 10.4. The maximum absolute atomic E-state index is 13.5. The van der Waals surface area contributed by atoms with E-state index >= 15 is 0 Å². The molecule has 1 fully saturated rings. The first-order valence-electron chi connectivity index (χ1n) is 6.03. The molecule has 1 atom stereocenters. The van der Waals surface area contributed by atoms with Gasteiger partial charge in [-0.1, -0.05) is 0 Å². The van der Waals surface area contributed by atoms with E-state index in [-0.39, 0.29) is 30.8 Å². The molecule has 0 amide bonds. The monoisotopic (exact) mass is 269 g/mol. The first kappa shape index (κ1) is 13.9. The van der Waals surface area contributed by atoms with Crippen LogP contribution in [0, 0.1) is 5.82 Å². The van der Waals surface area contributed by atoms with Crippen molar-refractivity contribution in [3.8, 4) is 0 Å². The molecule has 0 aromatic heterocycles. The minimum absolute atomic E-state index is 0.0427.